The number of hydrogen-bond acceptors (Lipinski definition) is 3. The van der Waals surface area contributed by atoms with Crippen LogP contribution in [-0.4, -0.2) is 21.3 Å². The van der Waals surface area contributed by atoms with E-state index >= 15 is 0 Å². The van der Waals surface area contributed by atoms with Gasteiger partial charge in [-0.25, -0.2) is 0 Å². The van der Waals surface area contributed by atoms with Gasteiger partial charge in [-0.3, -0.25) is 0 Å². The van der Waals surface area contributed by atoms with Crippen molar-refractivity contribution in [1.29, 1.82) is 0 Å². The summed E-state index contributed by atoms with van der Waals surface area (Å²) in [6.07, 6.45) is 3.37. The number of hydrogen-bond donors (Lipinski definition) is 1. The fourth-order valence-corrected chi connectivity index (χ4v) is 1.36. The zero-order chi connectivity index (χ0) is 9.68. The van der Waals surface area contributed by atoms with E-state index in [2.05, 4.69) is 21.7 Å². The minimum atomic E-state index is 0.651. The third-order valence-electron chi connectivity index (χ3n) is 2.12. The number of nitrogens with two attached hydrogens (primary N) is 1. The molecule has 1 aromatic heterocycles. The maximum Gasteiger partial charge on any atom is 0.133 e. The Labute approximate surface area is 79.2 Å². The van der Waals surface area contributed by atoms with Crippen LogP contribution in [0.1, 0.15) is 31.4 Å². The largest absolute Gasteiger partial charge is 0.329 e. The van der Waals surface area contributed by atoms with Crippen LogP contribution in [0.15, 0.2) is 0 Å². The fraction of sp³-hybridized carbons (Fsp3) is 0.778. The van der Waals surface area contributed by atoms with E-state index in [1.54, 1.807) is 0 Å². The van der Waals surface area contributed by atoms with E-state index in [1.807, 2.05) is 6.92 Å². The molecule has 0 aromatic carbocycles. The highest BCUT2D eigenvalue weighted by molar-refractivity contribution is 4.94. The third-order valence-corrected chi connectivity index (χ3v) is 2.12. The molecule has 4 heteroatoms. The third kappa shape index (κ3) is 2.52. The monoisotopic (exact) mass is 182 g/mol. The molecule has 0 amide bonds. The quantitative estimate of drug-likeness (QED) is 0.735. The summed E-state index contributed by atoms with van der Waals surface area (Å²) in [6, 6.07) is 0. The SMILES string of the molecule is CCCCc1nnc(C)n1CCN. The molecule has 1 rings (SSSR count). The number of rotatable bonds is 5. The van der Waals surface area contributed by atoms with Gasteiger partial charge in [0.05, 0.1) is 0 Å². The zero-order valence-electron chi connectivity index (χ0n) is 8.45. The molecule has 0 fully saturated rings. The topological polar surface area (TPSA) is 56.7 Å². The summed E-state index contributed by atoms with van der Waals surface area (Å²) >= 11 is 0. The Morgan fingerprint density at radius 2 is 2.15 bits per heavy atom. The highest BCUT2D eigenvalue weighted by Gasteiger charge is 2.06. The van der Waals surface area contributed by atoms with E-state index in [4.69, 9.17) is 5.73 Å². The van der Waals surface area contributed by atoms with Gasteiger partial charge in [-0.05, 0) is 13.3 Å². The Bertz CT molecular complexity index is 254. The first-order chi connectivity index (χ1) is 6.29. The standard InChI is InChI=1S/C9H18N4/c1-3-4-5-9-12-11-8(2)13(9)7-6-10/h3-7,10H2,1-2H3. The molecular weight excluding hydrogens is 164 g/mol. The van der Waals surface area contributed by atoms with Crippen molar-refractivity contribution in [3.05, 3.63) is 11.6 Å². The summed E-state index contributed by atoms with van der Waals surface area (Å²) in [5, 5.41) is 8.17. The van der Waals surface area contributed by atoms with Gasteiger partial charge in [0.2, 0.25) is 0 Å². The predicted octanol–water partition coefficient (Wildman–Crippen LogP) is 0.888. The molecule has 0 aliphatic heterocycles. The molecule has 0 radical (unpaired) electrons. The summed E-state index contributed by atoms with van der Waals surface area (Å²) < 4.78 is 2.11. The molecule has 0 spiro atoms. The lowest BCUT2D eigenvalue weighted by Gasteiger charge is -2.05. The molecular formula is C9H18N4. The first kappa shape index (κ1) is 10.2. The molecule has 0 unspecified atom stereocenters. The zero-order valence-corrected chi connectivity index (χ0v) is 8.45. The van der Waals surface area contributed by atoms with Crippen molar-refractivity contribution in [2.45, 2.75) is 39.7 Å². The Kier molecular flexibility index (Phi) is 3.89. The highest BCUT2D eigenvalue weighted by Crippen LogP contribution is 2.04. The maximum absolute atomic E-state index is 5.51. The van der Waals surface area contributed by atoms with Crippen LogP contribution in [-0.2, 0) is 13.0 Å². The number of aromatic nitrogens is 3. The van der Waals surface area contributed by atoms with Crippen molar-refractivity contribution < 1.29 is 0 Å². The normalized spacial score (nSPS) is 10.7. The molecule has 1 heterocycles. The summed E-state index contributed by atoms with van der Waals surface area (Å²) in [5.74, 6) is 2.04. The van der Waals surface area contributed by atoms with Gasteiger partial charge < -0.3 is 10.3 Å². The van der Waals surface area contributed by atoms with Crippen LogP contribution in [0.2, 0.25) is 0 Å². The molecule has 13 heavy (non-hydrogen) atoms. The lowest BCUT2D eigenvalue weighted by molar-refractivity contribution is 0.625. The smallest absolute Gasteiger partial charge is 0.133 e. The van der Waals surface area contributed by atoms with E-state index in [0.29, 0.717) is 6.54 Å². The average molecular weight is 182 g/mol. The van der Waals surface area contributed by atoms with E-state index in [1.165, 1.54) is 12.8 Å². The Hall–Kier alpha value is -0.900. The predicted molar refractivity (Wildman–Crippen MR) is 52.4 cm³/mol. The van der Waals surface area contributed by atoms with Crippen molar-refractivity contribution in [1.82, 2.24) is 14.8 Å². The molecule has 0 saturated heterocycles. The molecule has 74 valence electrons. The molecule has 0 bridgehead atoms. The number of nitrogens with zero attached hydrogens (tertiary/aromatic N) is 3. The molecule has 0 aliphatic rings. The first-order valence-corrected chi connectivity index (χ1v) is 4.88. The second-order valence-electron chi connectivity index (χ2n) is 3.21. The summed E-state index contributed by atoms with van der Waals surface area (Å²) in [5.41, 5.74) is 5.51. The van der Waals surface area contributed by atoms with Crippen LogP contribution in [0.5, 0.6) is 0 Å². The van der Waals surface area contributed by atoms with E-state index in [0.717, 1.165) is 24.6 Å². The van der Waals surface area contributed by atoms with Crippen LogP contribution in [0.3, 0.4) is 0 Å². The minimum Gasteiger partial charge on any atom is -0.329 e. The molecule has 2 N–H and O–H groups in total. The Morgan fingerprint density at radius 1 is 1.38 bits per heavy atom. The van der Waals surface area contributed by atoms with Gasteiger partial charge in [-0.1, -0.05) is 13.3 Å². The van der Waals surface area contributed by atoms with Crippen molar-refractivity contribution in [2.75, 3.05) is 6.54 Å². The maximum atomic E-state index is 5.51. The molecule has 0 saturated carbocycles. The summed E-state index contributed by atoms with van der Waals surface area (Å²) in [6.45, 7) is 5.63. The van der Waals surface area contributed by atoms with Gasteiger partial charge in [0.25, 0.3) is 0 Å². The highest BCUT2D eigenvalue weighted by atomic mass is 15.3. The summed E-state index contributed by atoms with van der Waals surface area (Å²) in [7, 11) is 0. The van der Waals surface area contributed by atoms with Gasteiger partial charge in [0.15, 0.2) is 0 Å². The Balaban J connectivity index is 2.68. The first-order valence-electron chi connectivity index (χ1n) is 4.88. The van der Waals surface area contributed by atoms with Crippen molar-refractivity contribution in [2.24, 2.45) is 5.73 Å². The number of unbranched alkanes of at least 4 members (excludes halogenated alkanes) is 1. The lowest BCUT2D eigenvalue weighted by Crippen LogP contribution is -2.13. The van der Waals surface area contributed by atoms with E-state index in [-0.39, 0.29) is 0 Å². The average Bonchev–Trinajstić information content (AvgIpc) is 2.46. The second kappa shape index (κ2) is 4.97. The molecule has 0 atom stereocenters. The second-order valence-corrected chi connectivity index (χ2v) is 3.21. The van der Waals surface area contributed by atoms with Gasteiger partial charge in [-0.15, -0.1) is 10.2 Å². The van der Waals surface area contributed by atoms with Crippen LogP contribution < -0.4 is 5.73 Å². The van der Waals surface area contributed by atoms with Crippen molar-refractivity contribution in [3.8, 4) is 0 Å². The number of aryl methyl sites for hydroxylation is 2. The molecule has 4 nitrogen and oxygen atoms in total. The van der Waals surface area contributed by atoms with Gasteiger partial charge in [0.1, 0.15) is 11.6 Å². The van der Waals surface area contributed by atoms with Crippen molar-refractivity contribution in [3.63, 3.8) is 0 Å². The minimum absolute atomic E-state index is 0.651. The summed E-state index contributed by atoms with van der Waals surface area (Å²) in [4.78, 5) is 0. The van der Waals surface area contributed by atoms with Gasteiger partial charge >= 0.3 is 0 Å². The molecule has 1 aromatic rings. The Morgan fingerprint density at radius 3 is 2.77 bits per heavy atom. The van der Waals surface area contributed by atoms with Crippen molar-refractivity contribution >= 4 is 0 Å². The van der Waals surface area contributed by atoms with Crippen LogP contribution in [0.25, 0.3) is 0 Å². The van der Waals surface area contributed by atoms with Crippen LogP contribution >= 0.6 is 0 Å². The van der Waals surface area contributed by atoms with Gasteiger partial charge in [-0.2, -0.15) is 0 Å². The fourth-order valence-electron chi connectivity index (χ4n) is 1.36. The van der Waals surface area contributed by atoms with E-state index in [9.17, 15) is 0 Å². The van der Waals surface area contributed by atoms with E-state index < -0.39 is 0 Å². The van der Waals surface area contributed by atoms with Crippen LogP contribution in [0.4, 0.5) is 0 Å². The molecule has 0 aliphatic carbocycles. The van der Waals surface area contributed by atoms with Crippen LogP contribution in [0, 0.1) is 6.92 Å². The van der Waals surface area contributed by atoms with Gasteiger partial charge in [0, 0.05) is 19.5 Å². The lowest BCUT2D eigenvalue weighted by atomic mass is 10.2.